The van der Waals surface area contributed by atoms with E-state index < -0.39 is 6.10 Å². The smallest absolute Gasteiger partial charge is 0.347 e. The number of hydrogen-bond acceptors (Lipinski definition) is 5. The number of ether oxygens (including phenoxy) is 4. The highest BCUT2D eigenvalue weighted by Gasteiger charge is 2.27. The van der Waals surface area contributed by atoms with Crippen molar-refractivity contribution in [2.45, 2.75) is 32.5 Å². The summed E-state index contributed by atoms with van der Waals surface area (Å²) in [5.41, 5.74) is 2.09. The third-order valence-electron chi connectivity index (χ3n) is 4.07. The zero-order chi connectivity index (χ0) is 17.6. The van der Waals surface area contributed by atoms with Gasteiger partial charge in [0.2, 0.25) is 0 Å². The molecule has 1 aliphatic heterocycles. The Morgan fingerprint density at radius 3 is 2.88 bits per heavy atom. The van der Waals surface area contributed by atoms with Crippen LogP contribution in [-0.2, 0) is 22.6 Å². The molecule has 0 saturated heterocycles. The average molecular weight is 342 g/mol. The number of rotatable bonds is 6. The molecule has 1 aliphatic rings. The minimum Gasteiger partial charge on any atom is -0.497 e. The van der Waals surface area contributed by atoms with Gasteiger partial charge in [-0.15, -0.1) is 0 Å². The van der Waals surface area contributed by atoms with E-state index in [1.54, 1.807) is 14.0 Å². The average Bonchev–Trinajstić information content (AvgIpc) is 2.66. The van der Waals surface area contributed by atoms with Crippen molar-refractivity contribution in [2.24, 2.45) is 0 Å². The van der Waals surface area contributed by atoms with Gasteiger partial charge in [-0.25, -0.2) is 4.79 Å². The molecular weight excluding hydrogens is 320 g/mol. The van der Waals surface area contributed by atoms with Crippen molar-refractivity contribution in [3.05, 3.63) is 53.6 Å². The van der Waals surface area contributed by atoms with Crippen molar-refractivity contribution < 1.29 is 23.7 Å². The lowest BCUT2D eigenvalue weighted by Gasteiger charge is -2.25. The van der Waals surface area contributed by atoms with E-state index in [2.05, 4.69) is 0 Å². The van der Waals surface area contributed by atoms with Crippen LogP contribution in [0, 0.1) is 0 Å². The van der Waals surface area contributed by atoms with Crippen LogP contribution in [0.3, 0.4) is 0 Å². The third-order valence-corrected chi connectivity index (χ3v) is 4.07. The van der Waals surface area contributed by atoms with Crippen LogP contribution in [0.4, 0.5) is 0 Å². The van der Waals surface area contributed by atoms with Crippen molar-refractivity contribution in [2.75, 3.05) is 13.7 Å². The molecule has 0 aliphatic carbocycles. The molecule has 2 aromatic carbocycles. The number of carbonyl (C=O) groups excluding carboxylic acids is 1. The maximum atomic E-state index is 11.9. The van der Waals surface area contributed by atoms with Gasteiger partial charge in [0.1, 0.15) is 23.9 Å². The van der Waals surface area contributed by atoms with E-state index in [9.17, 15) is 4.79 Å². The van der Waals surface area contributed by atoms with E-state index in [-0.39, 0.29) is 5.97 Å². The van der Waals surface area contributed by atoms with Gasteiger partial charge >= 0.3 is 5.97 Å². The summed E-state index contributed by atoms with van der Waals surface area (Å²) in [7, 11) is 1.64. The van der Waals surface area contributed by atoms with E-state index in [1.807, 2.05) is 42.5 Å². The molecule has 5 nitrogen and oxygen atoms in total. The third kappa shape index (κ3) is 4.24. The molecular formula is C20H22O5. The van der Waals surface area contributed by atoms with Gasteiger partial charge in [0.15, 0.2) is 6.10 Å². The SMILES string of the molecule is CCOC(=O)C1CCc2ccc(OCc3cccc(OC)c3)cc2O1. The first-order valence-corrected chi connectivity index (χ1v) is 8.41. The van der Waals surface area contributed by atoms with E-state index >= 15 is 0 Å². The van der Waals surface area contributed by atoms with Crippen molar-refractivity contribution in [1.29, 1.82) is 0 Å². The first kappa shape index (κ1) is 17.1. The van der Waals surface area contributed by atoms with Crippen LogP contribution in [0.2, 0.25) is 0 Å². The van der Waals surface area contributed by atoms with Gasteiger partial charge < -0.3 is 18.9 Å². The number of methoxy groups -OCH3 is 1. The predicted molar refractivity (Wildman–Crippen MR) is 93.1 cm³/mol. The van der Waals surface area contributed by atoms with Crippen LogP contribution in [0.15, 0.2) is 42.5 Å². The fraction of sp³-hybridized carbons (Fsp3) is 0.350. The van der Waals surface area contributed by atoms with Gasteiger partial charge in [0.25, 0.3) is 0 Å². The largest absolute Gasteiger partial charge is 0.497 e. The van der Waals surface area contributed by atoms with Gasteiger partial charge in [-0.05, 0) is 49.1 Å². The number of aryl methyl sites for hydroxylation is 1. The van der Waals surface area contributed by atoms with Crippen molar-refractivity contribution >= 4 is 5.97 Å². The first-order chi connectivity index (χ1) is 12.2. The summed E-state index contributed by atoms with van der Waals surface area (Å²) >= 11 is 0. The highest BCUT2D eigenvalue weighted by molar-refractivity contribution is 5.75. The maximum Gasteiger partial charge on any atom is 0.347 e. The Kier molecular flexibility index (Phi) is 5.43. The van der Waals surface area contributed by atoms with Crippen molar-refractivity contribution in [3.8, 4) is 17.2 Å². The minimum absolute atomic E-state index is 0.309. The fourth-order valence-corrected chi connectivity index (χ4v) is 2.77. The van der Waals surface area contributed by atoms with E-state index in [0.29, 0.717) is 31.1 Å². The molecule has 3 rings (SSSR count). The summed E-state index contributed by atoms with van der Waals surface area (Å²) in [5, 5.41) is 0. The Bertz CT molecular complexity index is 741. The second-order valence-electron chi connectivity index (χ2n) is 5.81. The van der Waals surface area contributed by atoms with Crippen LogP contribution in [0.1, 0.15) is 24.5 Å². The second-order valence-corrected chi connectivity index (χ2v) is 5.81. The highest BCUT2D eigenvalue weighted by Crippen LogP contribution is 2.32. The molecule has 2 aromatic rings. The van der Waals surface area contributed by atoms with E-state index in [4.69, 9.17) is 18.9 Å². The van der Waals surface area contributed by atoms with Crippen LogP contribution in [-0.4, -0.2) is 25.8 Å². The van der Waals surface area contributed by atoms with Crippen molar-refractivity contribution in [3.63, 3.8) is 0 Å². The van der Waals surface area contributed by atoms with Gasteiger partial charge in [-0.2, -0.15) is 0 Å². The standard InChI is InChI=1S/C20H22O5/c1-3-23-20(21)18-10-8-15-7-9-17(12-19(15)25-18)24-13-14-5-4-6-16(11-14)22-2/h4-7,9,11-12,18H,3,8,10,13H2,1-2H3. The summed E-state index contributed by atoms with van der Waals surface area (Å²) in [6.45, 7) is 2.58. The van der Waals surface area contributed by atoms with E-state index in [0.717, 1.165) is 23.3 Å². The highest BCUT2D eigenvalue weighted by atomic mass is 16.6. The molecule has 0 bridgehead atoms. The lowest BCUT2D eigenvalue weighted by molar-refractivity contribution is -0.152. The second kappa shape index (κ2) is 7.92. The molecule has 0 amide bonds. The molecule has 0 spiro atoms. The van der Waals surface area contributed by atoms with Crippen LogP contribution >= 0.6 is 0 Å². The minimum atomic E-state index is -0.541. The summed E-state index contributed by atoms with van der Waals surface area (Å²) in [4.78, 5) is 11.9. The van der Waals surface area contributed by atoms with E-state index in [1.165, 1.54) is 0 Å². The molecule has 1 heterocycles. The quantitative estimate of drug-likeness (QED) is 0.752. The molecule has 25 heavy (non-hydrogen) atoms. The summed E-state index contributed by atoms with van der Waals surface area (Å²) < 4.78 is 21.9. The molecule has 1 unspecified atom stereocenters. The molecule has 0 aromatic heterocycles. The Hall–Kier alpha value is -2.69. The number of benzene rings is 2. The lowest BCUT2D eigenvalue weighted by Crippen LogP contribution is -2.32. The normalized spacial score (nSPS) is 15.7. The van der Waals surface area contributed by atoms with Gasteiger partial charge in [-0.1, -0.05) is 18.2 Å². The number of carbonyl (C=O) groups is 1. The lowest BCUT2D eigenvalue weighted by atomic mass is 10.0. The monoisotopic (exact) mass is 342 g/mol. The molecule has 1 atom stereocenters. The molecule has 0 radical (unpaired) electrons. The van der Waals surface area contributed by atoms with Crippen LogP contribution in [0.25, 0.3) is 0 Å². The Balaban J connectivity index is 1.66. The predicted octanol–water partition coefficient (Wildman–Crippen LogP) is 3.53. The molecule has 5 heteroatoms. The zero-order valence-electron chi connectivity index (χ0n) is 14.5. The number of hydrogen-bond donors (Lipinski definition) is 0. The summed E-state index contributed by atoms with van der Waals surface area (Å²) in [6, 6.07) is 13.5. The van der Waals surface area contributed by atoms with Gasteiger partial charge in [-0.3, -0.25) is 0 Å². The van der Waals surface area contributed by atoms with Gasteiger partial charge in [0.05, 0.1) is 13.7 Å². The topological polar surface area (TPSA) is 54.0 Å². The Morgan fingerprint density at radius 2 is 2.08 bits per heavy atom. The number of esters is 1. The first-order valence-electron chi connectivity index (χ1n) is 8.41. The number of fused-ring (bicyclic) bond motifs is 1. The van der Waals surface area contributed by atoms with Gasteiger partial charge in [0, 0.05) is 6.07 Å². The summed E-state index contributed by atoms with van der Waals surface area (Å²) in [5.74, 6) is 1.88. The molecule has 0 fully saturated rings. The van der Waals surface area contributed by atoms with Crippen molar-refractivity contribution in [1.82, 2.24) is 0 Å². The zero-order valence-corrected chi connectivity index (χ0v) is 14.5. The Morgan fingerprint density at radius 1 is 1.20 bits per heavy atom. The fourth-order valence-electron chi connectivity index (χ4n) is 2.77. The maximum absolute atomic E-state index is 11.9. The molecule has 132 valence electrons. The van der Waals surface area contributed by atoms with Crippen LogP contribution < -0.4 is 14.2 Å². The molecule has 0 saturated carbocycles. The summed E-state index contributed by atoms with van der Waals surface area (Å²) in [6.07, 6.45) is 0.881. The molecule has 0 N–H and O–H groups in total. The van der Waals surface area contributed by atoms with Crippen LogP contribution in [0.5, 0.6) is 17.2 Å². The Labute approximate surface area is 147 Å².